The van der Waals surface area contributed by atoms with E-state index in [0.29, 0.717) is 0 Å². The average molecular weight is 291 g/mol. The van der Waals surface area contributed by atoms with Crippen molar-refractivity contribution in [2.75, 3.05) is 0 Å². The maximum absolute atomic E-state index is 10.7. The van der Waals surface area contributed by atoms with Crippen LogP contribution in [0.1, 0.15) is 10.4 Å². The SMILES string of the molecule is O=C(O)c1ccccc1[O-].c1ccc(-c2ccccc2)cc1. The molecule has 3 aromatic carbocycles. The van der Waals surface area contributed by atoms with Crippen LogP contribution < -0.4 is 5.11 Å². The Kier molecular flexibility index (Phi) is 5.32. The van der Waals surface area contributed by atoms with Gasteiger partial charge in [0.05, 0.1) is 5.56 Å². The highest BCUT2D eigenvalue weighted by molar-refractivity contribution is 5.90. The van der Waals surface area contributed by atoms with Gasteiger partial charge < -0.3 is 10.2 Å². The fourth-order valence-corrected chi connectivity index (χ4v) is 1.90. The zero-order valence-electron chi connectivity index (χ0n) is 11.8. The quantitative estimate of drug-likeness (QED) is 0.781. The molecule has 22 heavy (non-hydrogen) atoms. The van der Waals surface area contributed by atoms with Gasteiger partial charge in [0.15, 0.2) is 0 Å². The molecule has 0 bridgehead atoms. The average Bonchev–Trinajstić information content (AvgIpc) is 2.57. The van der Waals surface area contributed by atoms with Crippen molar-refractivity contribution in [3.8, 4) is 16.9 Å². The van der Waals surface area contributed by atoms with Crippen LogP contribution in [0.3, 0.4) is 0 Å². The third-order valence-corrected chi connectivity index (χ3v) is 3.00. The summed E-state index contributed by atoms with van der Waals surface area (Å²) in [6.07, 6.45) is 0. The lowest BCUT2D eigenvalue weighted by atomic mass is 10.1. The predicted octanol–water partition coefficient (Wildman–Crippen LogP) is 3.81. The third-order valence-electron chi connectivity index (χ3n) is 3.00. The van der Waals surface area contributed by atoms with E-state index in [0.717, 1.165) is 0 Å². The second-order valence-corrected chi connectivity index (χ2v) is 4.53. The van der Waals surface area contributed by atoms with Crippen LogP contribution >= 0.6 is 0 Å². The minimum absolute atomic E-state index is 0.178. The molecule has 3 nitrogen and oxygen atoms in total. The van der Waals surface area contributed by atoms with Crippen LogP contribution in [-0.2, 0) is 0 Å². The van der Waals surface area contributed by atoms with Gasteiger partial charge >= 0.3 is 5.97 Å². The van der Waals surface area contributed by atoms with Gasteiger partial charge in [-0.3, -0.25) is 0 Å². The summed E-state index contributed by atoms with van der Waals surface area (Å²) in [7, 11) is 0. The summed E-state index contributed by atoms with van der Waals surface area (Å²) in [6.45, 7) is 0. The maximum atomic E-state index is 10.7. The van der Waals surface area contributed by atoms with E-state index in [9.17, 15) is 9.90 Å². The van der Waals surface area contributed by atoms with Crippen molar-refractivity contribution in [1.29, 1.82) is 0 Å². The van der Waals surface area contributed by atoms with E-state index in [4.69, 9.17) is 5.11 Å². The molecular weight excluding hydrogens is 276 g/mol. The van der Waals surface area contributed by atoms with E-state index in [-0.39, 0.29) is 5.56 Å². The van der Waals surface area contributed by atoms with Crippen LogP contribution in [0, 0.1) is 0 Å². The first kappa shape index (κ1) is 15.3. The molecular formula is C19H15O3-. The fraction of sp³-hybridized carbons (Fsp3) is 0. The van der Waals surface area contributed by atoms with Crippen molar-refractivity contribution in [2.45, 2.75) is 0 Å². The predicted molar refractivity (Wildman–Crippen MR) is 84.7 cm³/mol. The van der Waals surface area contributed by atoms with Crippen LogP contribution in [0.2, 0.25) is 0 Å². The van der Waals surface area contributed by atoms with Crippen molar-refractivity contribution in [3.05, 3.63) is 90.5 Å². The Morgan fingerprint density at radius 3 is 1.45 bits per heavy atom. The van der Waals surface area contributed by atoms with Crippen molar-refractivity contribution >= 4 is 5.97 Å². The van der Waals surface area contributed by atoms with Crippen LogP contribution in [0.4, 0.5) is 0 Å². The number of benzene rings is 3. The standard InChI is InChI=1S/C12H10.C7H6O3/c1-3-7-11(8-4-1)12-9-5-2-6-10-12;8-6-4-2-1-3-5(6)7(9)10/h1-10H;1-4,8H,(H,9,10)/p-1. The number of carbonyl (C=O) groups is 1. The van der Waals surface area contributed by atoms with Gasteiger partial charge in [-0.2, -0.15) is 0 Å². The van der Waals surface area contributed by atoms with Crippen LogP contribution in [0.15, 0.2) is 84.9 Å². The van der Waals surface area contributed by atoms with Crippen molar-refractivity contribution in [1.82, 2.24) is 0 Å². The zero-order valence-corrected chi connectivity index (χ0v) is 11.8. The summed E-state index contributed by atoms with van der Waals surface area (Å²) >= 11 is 0. The van der Waals surface area contributed by atoms with E-state index < -0.39 is 11.7 Å². The molecule has 0 saturated heterocycles. The first-order valence-electron chi connectivity index (χ1n) is 6.78. The molecule has 0 spiro atoms. The Hall–Kier alpha value is -3.07. The molecule has 3 heteroatoms. The first-order chi connectivity index (χ1) is 10.7. The number of carboxylic acid groups (broad SMARTS) is 1. The summed E-state index contributed by atoms with van der Waals surface area (Å²) < 4.78 is 0. The van der Waals surface area contributed by atoms with Crippen molar-refractivity contribution in [2.24, 2.45) is 0 Å². The molecule has 3 rings (SSSR count). The Balaban J connectivity index is 0.000000164. The molecule has 3 aromatic rings. The molecule has 0 unspecified atom stereocenters. The monoisotopic (exact) mass is 291 g/mol. The topological polar surface area (TPSA) is 60.4 Å². The molecule has 0 fully saturated rings. The fourth-order valence-electron chi connectivity index (χ4n) is 1.90. The number of rotatable bonds is 2. The van der Waals surface area contributed by atoms with Crippen molar-refractivity contribution in [3.63, 3.8) is 0 Å². The number of aromatic carboxylic acids is 1. The molecule has 0 heterocycles. The molecule has 0 aromatic heterocycles. The molecule has 0 radical (unpaired) electrons. The van der Waals surface area contributed by atoms with E-state index in [1.54, 1.807) is 0 Å². The van der Waals surface area contributed by atoms with E-state index in [2.05, 4.69) is 48.5 Å². The number of carboxylic acids is 1. The molecule has 110 valence electrons. The van der Waals surface area contributed by atoms with Crippen LogP contribution in [0.5, 0.6) is 5.75 Å². The van der Waals surface area contributed by atoms with Gasteiger partial charge in [0.2, 0.25) is 0 Å². The Labute approximate surface area is 129 Å². The van der Waals surface area contributed by atoms with Crippen LogP contribution in [-0.4, -0.2) is 11.1 Å². The first-order valence-corrected chi connectivity index (χ1v) is 6.78. The molecule has 0 saturated carbocycles. The lowest BCUT2D eigenvalue weighted by Crippen LogP contribution is -2.02. The Morgan fingerprint density at radius 2 is 1.09 bits per heavy atom. The number of para-hydroxylation sites is 1. The Bertz CT molecular complexity index is 684. The molecule has 0 aliphatic rings. The lowest BCUT2D eigenvalue weighted by Gasteiger charge is -2.07. The van der Waals surface area contributed by atoms with E-state index in [1.807, 2.05) is 12.1 Å². The van der Waals surface area contributed by atoms with Gasteiger partial charge in [-0.05, 0) is 17.2 Å². The van der Waals surface area contributed by atoms with Gasteiger partial charge in [0.1, 0.15) is 0 Å². The summed E-state index contributed by atoms with van der Waals surface area (Å²) in [4.78, 5) is 10.2. The highest BCUT2D eigenvalue weighted by Crippen LogP contribution is 2.17. The van der Waals surface area contributed by atoms with Crippen LogP contribution in [0.25, 0.3) is 11.1 Å². The summed E-state index contributed by atoms with van der Waals surface area (Å²) in [5.74, 6) is -1.62. The van der Waals surface area contributed by atoms with Gasteiger partial charge in [-0.15, -0.1) is 0 Å². The smallest absolute Gasteiger partial charge is 0.335 e. The van der Waals surface area contributed by atoms with Gasteiger partial charge in [0.25, 0.3) is 0 Å². The summed E-state index contributed by atoms with van der Waals surface area (Å²) in [5, 5.41) is 19.0. The van der Waals surface area contributed by atoms with Gasteiger partial charge in [-0.25, -0.2) is 4.79 Å². The van der Waals surface area contributed by atoms with Gasteiger partial charge in [0, 0.05) is 0 Å². The molecule has 0 atom stereocenters. The molecule has 0 amide bonds. The molecule has 0 aliphatic heterocycles. The molecule has 1 N–H and O–H groups in total. The highest BCUT2D eigenvalue weighted by Gasteiger charge is 1.99. The zero-order chi connectivity index (χ0) is 15.8. The highest BCUT2D eigenvalue weighted by atomic mass is 16.4. The molecule has 0 aliphatic carbocycles. The lowest BCUT2D eigenvalue weighted by molar-refractivity contribution is -0.268. The maximum Gasteiger partial charge on any atom is 0.335 e. The minimum atomic E-state index is -1.18. The number of hydrogen-bond donors (Lipinski definition) is 1. The summed E-state index contributed by atoms with van der Waals surface area (Å²) in [6, 6.07) is 26.3. The van der Waals surface area contributed by atoms with Gasteiger partial charge in [-0.1, -0.05) is 84.6 Å². The Morgan fingerprint density at radius 1 is 0.682 bits per heavy atom. The largest absolute Gasteiger partial charge is 0.872 e. The van der Waals surface area contributed by atoms with E-state index in [1.165, 1.54) is 35.4 Å². The minimum Gasteiger partial charge on any atom is -0.872 e. The normalized spacial score (nSPS) is 9.45. The number of hydrogen-bond acceptors (Lipinski definition) is 2. The second kappa shape index (κ2) is 7.64. The third kappa shape index (κ3) is 4.21. The van der Waals surface area contributed by atoms with Crippen molar-refractivity contribution < 1.29 is 15.0 Å². The second-order valence-electron chi connectivity index (χ2n) is 4.53. The van der Waals surface area contributed by atoms with E-state index >= 15 is 0 Å². The summed E-state index contributed by atoms with van der Waals surface area (Å²) in [5.41, 5.74) is 2.37.